The zero-order valence-electron chi connectivity index (χ0n) is 6.14. The van der Waals surface area contributed by atoms with Gasteiger partial charge in [0.15, 0.2) is 0 Å². The lowest BCUT2D eigenvalue weighted by atomic mass is 10.3. The Morgan fingerprint density at radius 2 is 1.75 bits per heavy atom. The molecule has 0 spiro atoms. The Bertz CT molecular complexity index is 324. The highest BCUT2D eigenvalue weighted by Crippen LogP contribution is 2.17. The summed E-state index contributed by atoms with van der Waals surface area (Å²) in [5.41, 5.74) is 1.42. The number of rotatable bonds is 2. The zero-order chi connectivity index (χ0) is 8.81. The number of benzene rings is 1. The van der Waals surface area contributed by atoms with E-state index in [9.17, 15) is 0 Å². The van der Waals surface area contributed by atoms with Gasteiger partial charge in [-0.1, -0.05) is 5.22 Å². The van der Waals surface area contributed by atoms with Crippen molar-refractivity contribution < 1.29 is 0 Å². The van der Waals surface area contributed by atoms with Crippen molar-refractivity contribution in [2.24, 2.45) is 21.2 Å². The number of hydrogen-bond donors (Lipinski definition) is 1. The van der Waals surface area contributed by atoms with Crippen molar-refractivity contribution >= 4 is 28.8 Å². The summed E-state index contributed by atoms with van der Waals surface area (Å²) in [6.07, 6.45) is 0. The molecule has 1 aromatic carbocycles. The molecule has 1 rings (SSSR count). The first-order valence-corrected chi connectivity index (χ1v) is 3.56. The summed E-state index contributed by atoms with van der Waals surface area (Å²) in [4.78, 5) is 3.77. The number of isothiocyanates is 1. The average molecular weight is 178 g/mol. The first kappa shape index (κ1) is 8.52. The Morgan fingerprint density at radius 1 is 1.17 bits per heavy atom. The van der Waals surface area contributed by atoms with Gasteiger partial charge >= 0.3 is 0 Å². The maximum atomic E-state index is 4.86. The molecule has 4 nitrogen and oxygen atoms in total. The van der Waals surface area contributed by atoms with Gasteiger partial charge in [-0.25, -0.2) is 0 Å². The minimum Gasteiger partial charge on any atom is -0.305 e. The summed E-state index contributed by atoms with van der Waals surface area (Å²) in [5, 5.41) is 9.03. The van der Waals surface area contributed by atoms with Gasteiger partial charge in [-0.05, 0) is 36.5 Å². The monoisotopic (exact) mass is 178 g/mol. The van der Waals surface area contributed by atoms with E-state index in [2.05, 4.69) is 32.7 Å². The third-order valence-corrected chi connectivity index (χ3v) is 1.29. The topological polar surface area (TPSA) is 63.1 Å². The molecule has 0 heterocycles. The molecule has 0 saturated carbocycles. The lowest BCUT2D eigenvalue weighted by molar-refractivity contribution is 1.06. The summed E-state index contributed by atoms with van der Waals surface area (Å²) in [6, 6.07) is 6.98. The van der Waals surface area contributed by atoms with Crippen LogP contribution in [0.1, 0.15) is 0 Å². The number of hydrogen-bond acceptors (Lipinski definition) is 4. The molecule has 12 heavy (non-hydrogen) atoms. The predicted molar refractivity (Wildman–Crippen MR) is 49.8 cm³/mol. The lowest BCUT2D eigenvalue weighted by Gasteiger charge is -1.90. The van der Waals surface area contributed by atoms with Gasteiger partial charge in [0.2, 0.25) is 0 Å². The molecule has 1 aromatic rings. The van der Waals surface area contributed by atoms with Crippen LogP contribution >= 0.6 is 12.2 Å². The summed E-state index contributed by atoms with van der Waals surface area (Å²) in [7, 11) is 0. The van der Waals surface area contributed by atoms with E-state index in [1.165, 1.54) is 0 Å². The fourth-order valence-corrected chi connectivity index (χ4v) is 0.819. The molecule has 0 fully saturated rings. The highest BCUT2D eigenvalue weighted by molar-refractivity contribution is 7.78. The van der Waals surface area contributed by atoms with Crippen LogP contribution in [0.5, 0.6) is 0 Å². The van der Waals surface area contributed by atoms with E-state index < -0.39 is 0 Å². The van der Waals surface area contributed by atoms with Crippen molar-refractivity contribution in [2.45, 2.75) is 0 Å². The van der Waals surface area contributed by atoms with E-state index in [1.807, 2.05) is 0 Å². The van der Waals surface area contributed by atoms with Crippen LogP contribution < -0.4 is 5.84 Å². The van der Waals surface area contributed by atoms with E-state index >= 15 is 0 Å². The van der Waals surface area contributed by atoms with Crippen molar-refractivity contribution in [3.63, 3.8) is 0 Å². The van der Waals surface area contributed by atoms with Crippen LogP contribution in [0.2, 0.25) is 0 Å². The molecule has 0 bridgehead atoms. The smallest absolute Gasteiger partial charge is 0.0875 e. The molecule has 0 amide bonds. The molecule has 5 heteroatoms. The third kappa shape index (κ3) is 2.23. The van der Waals surface area contributed by atoms with Gasteiger partial charge in [0, 0.05) is 0 Å². The fourth-order valence-electron chi connectivity index (χ4n) is 0.713. The van der Waals surface area contributed by atoms with Crippen LogP contribution in [0, 0.1) is 0 Å². The van der Waals surface area contributed by atoms with Crippen molar-refractivity contribution in [3.05, 3.63) is 24.3 Å². The second-order valence-electron chi connectivity index (χ2n) is 1.93. The Kier molecular flexibility index (Phi) is 3.07. The SMILES string of the molecule is NN=Nc1ccc(N=C=S)cc1. The van der Waals surface area contributed by atoms with E-state index in [0.29, 0.717) is 5.69 Å². The molecule has 2 N–H and O–H groups in total. The lowest BCUT2D eigenvalue weighted by Crippen LogP contribution is -1.73. The second-order valence-corrected chi connectivity index (χ2v) is 2.12. The van der Waals surface area contributed by atoms with Crippen LogP contribution in [0.3, 0.4) is 0 Å². The number of aliphatic imine (C=N–C) groups is 1. The standard InChI is InChI=1S/C7H6N4S/c8-11-10-7-3-1-6(2-4-7)9-5-12/h1-4H,(H2,8,10). The first-order valence-electron chi connectivity index (χ1n) is 3.15. The molecule has 0 saturated heterocycles. The second kappa shape index (κ2) is 4.33. The molecule has 0 aliphatic rings. The molecular formula is C7H6N4S. The van der Waals surface area contributed by atoms with Gasteiger partial charge in [-0.2, -0.15) is 4.99 Å². The van der Waals surface area contributed by atoms with Crippen molar-refractivity contribution in [1.82, 2.24) is 0 Å². The van der Waals surface area contributed by atoms with Gasteiger partial charge in [0.05, 0.1) is 16.5 Å². The number of thiocarbonyl (C=S) groups is 1. The summed E-state index contributed by atoms with van der Waals surface area (Å²) in [6.45, 7) is 0. The molecule has 0 aromatic heterocycles. The van der Waals surface area contributed by atoms with Gasteiger partial charge in [0.25, 0.3) is 0 Å². The quantitative estimate of drug-likeness (QED) is 0.248. The summed E-state index contributed by atoms with van der Waals surface area (Å²) >= 11 is 4.44. The maximum absolute atomic E-state index is 4.86. The first-order chi connectivity index (χ1) is 5.86. The van der Waals surface area contributed by atoms with Crippen LogP contribution in [0.25, 0.3) is 0 Å². The number of nitrogens with zero attached hydrogens (tertiary/aromatic N) is 3. The van der Waals surface area contributed by atoms with Crippen molar-refractivity contribution in [3.8, 4) is 0 Å². The summed E-state index contributed by atoms with van der Waals surface area (Å²) < 4.78 is 0. The maximum Gasteiger partial charge on any atom is 0.0875 e. The van der Waals surface area contributed by atoms with E-state index in [4.69, 9.17) is 5.84 Å². The fraction of sp³-hybridized carbons (Fsp3) is 0. The molecule has 0 radical (unpaired) electrons. The zero-order valence-corrected chi connectivity index (χ0v) is 6.95. The highest BCUT2D eigenvalue weighted by atomic mass is 32.1. The van der Waals surface area contributed by atoms with Gasteiger partial charge in [0.1, 0.15) is 0 Å². The van der Waals surface area contributed by atoms with E-state index in [0.717, 1.165) is 5.69 Å². The Labute approximate surface area is 74.8 Å². The molecule has 0 aliphatic heterocycles. The molecular weight excluding hydrogens is 172 g/mol. The molecule has 60 valence electrons. The van der Waals surface area contributed by atoms with Crippen molar-refractivity contribution in [1.29, 1.82) is 0 Å². The molecule has 0 aliphatic carbocycles. The molecule has 0 unspecified atom stereocenters. The normalized spacial score (nSPS) is 9.67. The van der Waals surface area contributed by atoms with Crippen LogP contribution in [0.15, 0.2) is 39.6 Å². The van der Waals surface area contributed by atoms with Gasteiger partial charge < -0.3 is 5.84 Å². The van der Waals surface area contributed by atoms with Crippen LogP contribution in [-0.2, 0) is 0 Å². The van der Waals surface area contributed by atoms with Crippen molar-refractivity contribution in [2.75, 3.05) is 0 Å². The summed E-state index contributed by atoms with van der Waals surface area (Å²) in [5.74, 6) is 4.86. The Balaban J connectivity index is 2.92. The highest BCUT2D eigenvalue weighted by Gasteiger charge is 1.89. The van der Waals surface area contributed by atoms with Gasteiger partial charge in [-0.3, -0.25) is 0 Å². The molecule has 0 atom stereocenters. The average Bonchev–Trinajstić information content (AvgIpc) is 2.09. The minimum absolute atomic E-state index is 0.681. The third-order valence-electron chi connectivity index (χ3n) is 1.20. The Hall–Kier alpha value is -1.58. The predicted octanol–water partition coefficient (Wildman–Crippen LogP) is 2.38. The van der Waals surface area contributed by atoms with E-state index in [-0.39, 0.29) is 0 Å². The van der Waals surface area contributed by atoms with Crippen LogP contribution in [0.4, 0.5) is 11.4 Å². The minimum atomic E-state index is 0.681. The largest absolute Gasteiger partial charge is 0.305 e. The Morgan fingerprint density at radius 3 is 2.25 bits per heavy atom. The van der Waals surface area contributed by atoms with Gasteiger partial charge in [-0.15, -0.1) is 5.11 Å². The number of nitrogens with two attached hydrogens (primary N) is 1. The van der Waals surface area contributed by atoms with Crippen LogP contribution in [-0.4, -0.2) is 5.16 Å². The van der Waals surface area contributed by atoms with E-state index in [1.54, 1.807) is 24.3 Å².